The predicted octanol–water partition coefficient (Wildman–Crippen LogP) is 2.27. The zero-order chi connectivity index (χ0) is 16.0. The third-order valence-corrected chi connectivity index (χ3v) is 2.24. The minimum atomic E-state index is -5.00. The van der Waals surface area contributed by atoms with Crippen LogP contribution >= 0.6 is 0 Å². The highest BCUT2D eigenvalue weighted by Crippen LogP contribution is 2.19. The molecule has 0 unspecified atom stereocenters. The molecule has 21 heavy (non-hydrogen) atoms. The van der Waals surface area contributed by atoms with Crippen molar-refractivity contribution in [3.63, 3.8) is 0 Å². The number of ether oxygens (including phenoxy) is 1. The summed E-state index contributed by atoms with van der Waals surface area (Å²) in [7, 11) is 1.09. The summed E-state index contributed by atoms with van der Waals surface area (Å²) in [5.41, 5.74) is -0.179. The Balaban J connectivity index is 3.02. The van der Waals surface area contributed by atoms with E-state index < -0.39 is 18.1 Å². The van der Waals surface area contributed by atoms with E-state index in [1.165, 1.54) is 24.3 Å². The second-order valence-corrected chi connectivity index (χ2v) is 3.74. The Hall–Kier alpha value is -2.82. The average Bonchev–Trinajstić information content (AvgIpc) is 2.43. The number of methoxy groups -OCH3 is 1. The van der Waals surface area contributed by atoms with Crippen molar-refractivity contribution >= 4 is 23.6 Å². The number of amides is 1. The monoisotopic (exact) mass is 298 g/mol. The quantitative estimate of drug-likeness (QED) is 0.527. The molecule has 1 aromatic rings. The zero-order valence-corrected chi connectivity index (χ0v) is 10.7. The first-order chi connectivity index (χ1) is 9.77. The normalized spacial score (nSPS) is 11.5. The van der Waals surface area contributed by atoms with Gasteiger partial charge in [0, 0.05) is 5.69 Å². The number of rotatable bonds is 3. The Kier molecular flexibility index (Phi) is 5.07. The van der Waals surface area contributed by atoms with Gasteiger partial charge < -0.3 is 10.1 Å². The Morgan fingerprint density at radius 3 is 2.57 bits per heavy atom. The molecule has 0 aliphatic rings. The van der Waals surface area contributed by atoms with E-state index in [0.717, 1.165) is 13.2 Å². The minimum absolute atomic E-state index is 0.117. The molecule has 5 nitrogen and oxygen atoms in total. The molecule has 1 aromatic carbocycles. The van der Waals surface area contributed by atoms with Crippen LogP contribution in [0, 0.1) is 11.3 Å². The molecule has 0 fully saturated rings. The molecule has 0 atom stereocenters. The fourth-order valence-electron chi connectivity index (χ4n) is 1.32. The van der Waals surface area contributed by atoms with E-state index in [2.05, 4.69) is 4.74 Å². The van der Waals surface area contributed by atoms with Gasteiger partial charge in [-0.1, -0.05) is 12.1 Å². The number of carbonyl (C=O) groups excluding carboxylic acids is 2. The zero-order valence-electron chi connectivity index (χ0n) is 10.7. The van der Waals surface area contributed by atoms with E-state index in [0.29, 0.717) is 0 Å². The molecule has 0 saturated heterocycles. The maximum Gasteiger partial charge on any atom is 0.471 e. The van der Waals surface area contributed by atoms with Gasteiger partial charge >= 0.3 is 18.1 Å². The maximum atomic E-state index is 12.1. The summed E-state index contributed by atoms with van der Waals surface area (Å²) in [6.07, 6.45) is -3.87. The van der Waals surface area contributed by atoms with Gasteiger partial charge in [-0.25, -0.2) is 4.79 Å². The summed E-state index contributed by atoms with van der Waals surface area (Å²) in [6.45, 7) is 0. The van der Waals surface area contributed by atoms with E-state index in [1.54, 1.807) is 11.4 Å². The first-order valence-corrected chi connectivity index (χ1v) is 5.46. The number of nitrogens with one attached hydrogen (secondary N) is 1. The first kappa shape index (κ1) is 16.2. The topological polar surface area (TPSA) is 79.2 Å². The lowest BCUT2D eigenvalue weighted by Gasteiger charge is -2.08. The van der Waals surface area contributed by atoms with E-state index in [1.807, 2.05) is 0 Å². The molecule has 0 radical (unpaired) electrons. The molecule has 0 bridgehead atoms. The summed E-state index contributed by atoms with van der Waals surface area (Å²) in [4.78, 5) is 22.0. The lowest BCUT2D eigenvalue weighted by Crippen LogP contribution is -2.29. The van der Waals surface area contributed by atoms with Crippen LogP contribution in [0.1, 0.15) is 5.56 Å². The Morgan fingerprint density at radius 2 is 2.05 bits per heavy atom. The van der Waals surface area contributed by atoms with Gasteiger partial charge in [-0.3, -0.25) is 4.79 Å². The molecule has 0 saturated carbocycles. The minimum Gasteiger partial charge on any atom is -0.465 e. The van der Waals surface area contributed by atoms with Crippen molar-refractivity contribution in [1.82, 2.24) is 0 Å². The molecule has 1 amide bonds. The number of nitrogens with zero attached hydrogens (tertiary/aromatic N) is 1. The van der Waals surface area contributed by atoms with Crippen LogP contribution in [0.5, 0.6) is 0 Å². The number of alkyl halides is 3. The van der Waals surface area contributed by atoms with Gasteiger partial charge in [0.15, 0.2) is 0 Å². The number of hydrogen-bond acceptors (Lipinski definition) is 4. The summed E-state index contributed by atoms with van der Waals surface area (Å²) in [5.74, 6) is -2.99. The van der Waals surface area contributed by atoms with Gasteiger partial charge in [0.2, 0.25) is 0 Å². The first-order valence-electron chi connectivity index (χ1n) is 5.46. The molecule has 1 rings (SSSR count). The van der Waals surface area contributed by atoms with Crippen LogP contribution < -0.4 is 5.32 Å². The number of carbonyl (C=O) groups is 2. The van der Waals surface area contributed by atoms with Crippen LogP contribution in [0.2, 0.25) is 0 Å². The Morgan fingerprint density at radius 1 is 1.38 bits per heavy atom. The van der Waals surface area contributed by atoms with Crippen molar-refractivity contribution in [1.29, 1.82) is 5.26 Å². The highest BCUT2D eigenvalue weighted by atomic mass is 19.4. The molecular weight excluding hydrogens is 289 g/mol. The molecule has 0 aromatic heterocycles. The fraction of sp³-hybridized carbons (Fsp3) is 0.154. The fourth-order valence-corrected chi connectivity index (χ4v) is 1.32. The largest absolute Gasteiger partial charge is 0.471 e. The smallest absolute Gasteiger partial charge is 0.465 e. The van der Waals surface area contributed by atoms with E-state index in [9.17, 15) is 22.8 Å². The number of esters is 1. The van der Waals surface area contributed by atoms with Crippen molar-refractivity contribution in [2.75, 3.05) is 12.4 Å². The van der Waals surface area contributed by atoms with Crippen LogP contribution in [-0.4, -0.2) is 25.2 Å². The predicted molar refractivity (Wildman–Crippen MR) is 66.7 cm³/mol. The molecule has 0 heterocycles. The molecule has 0 spiro atoms. The third-order valence-electron chi connectivity index (χ3n) is 2.24. The number of hydrogen-bond donors (Lipinski definition) is 1. The summed E-state index contributed by atoms with van der Waals surface area (Å²) >= 11 is 0. The van der Waals surface area contributed by atoms with Crippen molar-refractivity contribution in [3.8, 4) is 6.07 Å². The van der Waals surface area contributed by atoms with Crippen molar-refractivity contribution in [2.45, 2.75) is 6.18 Å². The third kappa shape index (κ3) is 4.65. The summed E-state index contributed by atoms with van der Waals surface area (Å²) < 4.78 is 40.7. The number of anilines is 1. The second-order valence-electron chi connectivity index (χ2n) is 3.74. The maximum absolute atomic E-state index is 12.1. The molecule has 0 aliphatic carbocycles. The molecule has 0 aliphatic heterocycles. The van der Waals surface area contributed by atoms with Crippen molar-refractivity contribution < 1.29 is 27.5 Å². The number of nitriles is 1. The van der Waals surface area contributed by atoms with Crippen LogP contribution in [0.15, 0.2) is 29.8 Å². The molecular formula is C13H9F3N2O3. The summed E-state index contributed by atoms with van der Waals surface area (Å²) in [5, 5.41) is 10.4. The van der Waals surface area contributed by atoms with Gasteiger partial charge in [-0.2, -0.15) is 18.4 Å². The van der Waals surface area contributed by atoms with Gasteiger partial charge in [0.25, 0.3) is 0 Å². The Labute approximate surface area is 117 Å². The van der Waals surface area contributed by atoms with Crippen LogP contribution in [0.3, 0.4) is 0 Å². The van der Waals surface area contributed by atoms with Crippen LogP contribution in [0.4, 0.5) is 18.9 Å². The second kappa shape index (κ2) is 6.56. The number of halogens is 3. The molecule has 110 valence electrons. The van der Waals surface area contributed by atoms with Crippen LogP contribution in [0.25, 0.3) is 6.08 Å². The van der Waals surface area contributed by atoms with Gasteiger partial charge in [0.05, 0.1) is 7.11 Å². The van der Waals surface area contributed by atoms with Gasteiger partial charge in [-0.05, 0) is 23.8 Å². The van der Waals surface area contributed by atoms with Gasteiger partial charge in [-0.15, -0.1) is 0 Å². The van der Waals surface area contributed by atoms with Crippen molar-refractivity contribution in [3.05, 3.63) is 35.4 Å². The number of benzene rings is 1. The lowest BCUT2D eigenvalue weighted by atomic mass is 10.1. The lowest BCUT2D eigenvalue weighted by molar-refractivity contribution is -0.167. The highest BCUT2D eigenvalue weighted by Gasteiger charge is 2.38. The van der Waals surface area contributed by atoms with E-state index in [-0.39, 0.29) is 16.8 Å². The molecule has 1 N–H and O–H groups in total. The van der Waals surface area contributed by atoms with E-state index in [4.69, 9.17) is 5.26 Å². The summed E-state index contributed by atoms with van der Waals surface area (Å²) in [6, 6.07) is 6.84. The van der Waals surface area contributed by atoms with Gasteiger partial charge in [0.1, 0.15) is 11.6 Å². The van der Waals surface area contributed by atoms with Crippen LogP contribution in [-0.2, 0) is 14.3 Å². The Bertz CT molecular complexity index is 630. The molecule has 8 heteroatoms. The SMILES string of the molecule is COC(=O)/C(C#N)=C/c1cccc(NC(=O)C(F)(F)F)c1. The highest BCUT2D eigenvalue weighted by molar-refractivity contribution is 5.98. The standard InChI is InChI=1S/C13H9F3N2O3/c1-21-11(19)9(7-17)5-8-3-2-4-10(6-8)18-12(20)13(14,15)16/h2-6H,1H3,(H,18,20)/b9-5+. The van der Waals surface area contributed by atoms with E-state index >= 15 is 0 Å². The van der Waals surface area contributed by atoms with Crippen molar-refractivity contribution in [2.24, 2.45) is 0 Å². The average molecular weight is 298 g/mol.